The van der Waals surface area contributed by atoms with Crippen LogP contribution in [0.15, 0.2) is 47.4 Å². The zero-order chi connectivity index (χ0) is 19.7. The highest BCUT2D eigenvalue weighted by Crippen LogP contribution is 2.36. The molecule has 1 aliphatic rings. The first-order valence-corrected chi connectivity index (χ1v) is 9.02. The van der Waals surface area contributed by atoms with Crippen molar-refractivity contribution in [3.8, 4) is 0 Å². The maximum absolute atomic E-state index is 12.8. The Balaban J connectivity index is 2.01. The highest BCUT2D eigenvalue weighted by atomic mass is 35.5. The van der Waals surface area contributed by atoms with E-state index in [9.17, 15) is 24.6 Å². The summed E-state index contributed by atoms with van der Waals surface area (Å²) in [4.78, 5) is 36.8. The molecule has 27 heavy (non-hydrogen) atoms. The van der Waals surface area contributed by atoms with E-state index >= 15 is 0 Å². The van der Waals surface area contributed by atoms with Crippen molar-refractivity contribution in [3.05, 3.63) is 69.1 Å². The molecule has 9 heteroatoms. The zero-order valence-electron chi connectivity index (χ0n) is 13.4. The van der Waals surface area contributed by atoms with E-state index in [1.54, 1.807) is 30.3 Å². The molecular formula is C18H10ClNO5S2. The van der Waals surface area contributed by atoms with Crippen LogP contribution in [0.25, 0.3) is 6.08 Å². The predicted molar refractivity (Wildman–Crippen MR) is 107 cm³/mol. The Bertz CT molecular complexity index is 985. The summed E-state index contributed by atoms with van der Waals surface area (Å²) in [7, 11) is 0. The second-order valence-corrected chi connectivity index (χ2v) is 7.56. The average Bonchev–Trinajstić information content (AvgIpc) is 2.90. The van der Waals surface area contributed by atoms with Crippen molar-refractivity contribution in [2.24, 2.45) is 0 Å². The van der Waals surface area contributed by atoms with Gasteiger partial charge in [0, 0.05) is 5.02 Å². The highest BCUT2D eigenvalue weighted by molar-refractivity contribution is 8.27. The molecule has 0 unspecified atom stereocenters. The van der Waals surface area contributed by atoms with Gasteiger partial charge in [-0.1, -0.05) is 47.7 Å². The van der Waals surface area contributed by atoms with Gasteiger partial charge in [-0.25, -0.2) is 9.59 Å². The molecule has 0 saturated carbocycles. The topological polar surface area (TPSA) is 94.9 Å². The van der Waals surface area contributed by atoms with Gasteiger partial charge < -0.3 is 10.2 Å². The van der Waals surface area contributed by atoms with E-state index in [1.165, 1.54) is 12.1 Å². The zero-order valence-corrected chi connectivity index (χ0v) is 15.8. The molecule has 0 aromatic heterocycles. The van der Waals surface area contributed by atoms with E-state index in [0.717, 1.165) is 28.3 Å². The van der Waals surface area contributed by atoms with Crippen molar-refractivity contribution >= 4 is 69.5 Å². The highest BCUT2D eigenvalue weighted by Gasteiger charge is 2.34. The Morgan fingerprint density at radius 1 is 1.04 bits per heavy atom. The third-order valence-electron chi connectivity index (χ3n) is 3.63. The fourth-order valence-corrected chi connectivity index (χ4v) is 3.81. The van der Waals surface area contributed by atoms with Crippen LogP contribution in [0.2, 0.25) is 5.02 Å². The Kier molecular flexibility index (Phi) is 5.31. The lowest BCUT2D eigenvalue weighted by Gasteiger charge is -2.16. The Morgan fingerprint density at radius 3 is 2.11 bits per heavy atom. The smallest absolute Gasteiger partial charge is 0.335 e. The van der Waals surface area contributed by atoms with E-state index in [0.29, 0.717) is 9.93 Å². The molecule has 1 aliphatic heterocycles. The number of aromatic carboxylic acids is 2. The van der Waals surface area contributed by atoms with Gasteiger partial charge in [0.25, 0.3) is 5.91 Å². The molecule has 1 amide bonds. The molecular weight excluding hydrogens is 410 g/mol. The third-order valence-corrected chi connectivity index (χ3v) is 5.19. The van der Waals surface area contributed by atoms with Crippen LogP contribution in [0.5, 0.6) is 0 Å². The lowest BCUT2D eigenvalue weighted by molar-refractivity contribution is -0.113. The summed E-state index contributed by atoms with van der Waals surface area (Å²) in [6, 6.07) is 10.3. The largest absolute Gasteiger partial charge is 0.478 e. The van der Waals surface area contributed by atoms with E-state index < -0.39 is 17.8 Å². The summed E-state index contributed by atoms with van der Waals surface area (Å²) in [5.74, 6) is -3.07. The maximum atomic E-state index is 12.8. The number of nitrogens with zero attached hydrogens (tertiary/aromatic N) is 1. The van der Waals surface area contributed by atoms with Crippen molar-refractivity contribution in [1.82, 2.24) is 0 Å². The minimum Gasteiger partial charge on any atom is -0.478 e. The molecule has 1 saturated heterocycles. The van der Waals surface area contributed by atoms with Crippen molar-refractivity contribution in [3.63, 3.8) is 0 Å². The Hall–Kier alpha value is -2.68. The van der Waals surface area contributed by atoms with Crippen molar-refractivity contribution < 1.29 is 24.6 Å². The molecule has 0 atom stereocenters. The molecule has 3 rings (SSSR count). The molecule has 1 fully saturated rings. The number of hydrogen-bond acceptors (Lipinski definition) is 5. The second-order valence-electron chi connectivity index (χ2n) is 5.45. The number of rotatable bonds is 4. The number of thiocarbonyl (C=S) groups is 1. The summed E-state index contributed by atoms with van der Waals surface area (Å²) >= 11 is 12.1. The monoisotopic (exact) mass is 419 g/mol. The molecule has 2 aromatic carbocycles. The van der Waals surface area contributed by atoms with E-state index in [4.69, 9.17) is 23.8 Å². The number of hydrogen-bond donors (Lipinski definition) is 2. The molecule has 6 nitrogen and oxygen atoms in total. The van der Waals surface area contributed by atoms with E-state index in [2.05, 4.69) is 0 Å². The maximum Gasteiger partial charge on any atom is 0.335 e. The first kappa shape index (κ1) is 19.1. The van der Waals surface area contributed by atoms with Crippen LogP contribution in [-0.2, 0) is 4.79 Å². The summed E-state index contributed by atoms with van der Waals surface area (Å²) in [6.45, 7) is 0. The summed E-state index contributed by atoms with van der Waals surface area (Å²) in [6.07, 6.45) is 1.63. The van der Waals surface area contributed by atoms with Gasteiger partial charge >= 0.3 is 11.9 Å². The number of benzene rings is 2. The first-order chi connectivity index (χ1) is 12.8. The molecule has 0 radical (unpaired) electrons. The molecule has 0 aliphatic carbocycles. The first-order valence-electron chi connectivity index (χ1n) is 7.41. The van der Waals surface area contributed by atoms with E-state index in [1.807, 2.05) is 0 Å². The SMILES string of the molecule is O=C(O)c1cc(C(=O)O)cc(N2C(=O)/C(=C/c3ccc(Cl)cc3)SC2=S)c1. The standard InChI is InChI=1S/C18H10ClNO5S2/c19-12-3-1-9(2-4-12)5-14-15(21)20(18(26)27-14)13-7-10(16(22)23)6-11(8-13)17(24)25/h1-8H,(H,22,23)(H,24,25)/b14-5-. The average molecular weight is 420 g/mol. The Morgan fingerprint density at radius 2 is 1.59 bits per heavy atom. The van der Waals surface area contributed by atoms with Crippen LogP contribution in [0.3, 0.4) is 0 Å². The lowest BCUT2D eigenvalue weighted by Crippen LogP contribution is -2.28. The second kappa shape index (κ2) is 7.51. The van der Waals surface area contributed by atoms with Crippen LogP contribution < -0.4 is 4.90 Å². The fourth-order valence-electron chi connectivity index (χ4n) is 2.39. The van der Waals surface area contributed by atoms with Crippen LogP contribution in [0.4, 0.5) is 5.69 Å². The number of carbonyl (C=O) groups is 3. The predicted octanol–water partition coefficient (Wildman–Crippen LogP) is 4.14. The van der Waals surface area contributed by atoms with Crippen molar-refractivity contribution in [1.29, 1.82) is 0 Å². The van der Waals surface area contributed by atoms with Gasteiger partial charge in [-0.2, -0.15) is 0 Å². The number of amides is 1. The summed E-state index contributed by atoms with van der Waals surface area (Å²) < 4.78 is 0.180. The van der Waals surface area contributed by atoms with Gasteiger partial charge in [0.2, 0.25) is 0 Å². The van der Waals surface area contributed by atoms with Gasteiger partial charge in [-0.15, -0.1) is 0 Å². The summed E-state index contributed by atoms with van der Waals surface area (Å²) in [5.41, 5.74) is 0.334. The molecule has 0 spiro atoms. The number of carboxylic acids is 2. The molecule has 2 aromatic rings. The molecule has 1 heterocycles. The van der Waals surface area contributed by atoms with Gasteiger partial charge in [-0.3, -0.25) is 9.69 Å². The minimum atomic E-state index is -1.30. The quantitative estimate of drug-likeness (QED) is 0.568. The van der Waals surface area contributed by atoms with Crippen molar-refractivity contribution in [2.75, 3.05) is 4.90 Å². The van der Waals surface area contributed by atoms with Gasteiger partial charge in [0.15, 0.2) is 4.32 Å². The number of thioether (sulfide) groups is 1. The third kappa shape index (κ3) is 4.02. The molecule has 0 bridgehead atoms. The van der Waals surface area contributed by atoms with E-state index in [-0.39, 0.29) is 21.1 Å². The normalized spacial score (nSPS) is 15.4. The Labute approximate surface area is 168 Å². The summed E-state index contributed by atoms with van der Waals surface area (Å²) in [5, 5.41) is 19.0. The number of halogens is 1. The van der Waals surface area contributed by atoms with Gasteiger partial charge in [0.1, 0.15) is 0 Å². The molecule has 136 valence electrons. The fraction of sp³-hybridized carbons (Fsp3) is 0. The van der Waals surface area contributed by atoms with Gasteiger partial charge in [-0.05, 0) is 42.0 Å². The van der Waals surface area contributed by atoms with Crippen LogP contribution in [-0.4, -0.2) is 32.4 Å². The minimum absolute atomic E-state index is 0.0920. The number of carboxylic acid groups (broad SMARTS) is 2. The lowest BCUT2D eigenvalue weighted by atomic mass is 10.1. The van der Waals surface area contributed by atoms with Gasteiger partial charge in [0.05, 0.1) is 21.7 Å². The van der Waals surface area contributed by atoms with Crippen LogP contribution in [0.1, 0.15) is 26.3 Å². The number of carbonyl (C=O) groups excluding carboxylic acids is 1. The van der Waals surface area contributed by atoms with Crippen LogP contribution >= 0.6 is 35.6 Å². The number of anilines is 1. The molecule has 2 N–H and O–H groups in total. The van der Waals surface area contributed by atoms with Crippen LogP contribution in [0, 0.1) is 0 Å². The van der Waals surface area contributed by atoms with Crippen molar-refractivity contribution in [2.45, 2.75) is 0 Å².